The second kappa shape index (κ2) is 7.02. The van der Waals surface area contributed by atoms with Gasteiger partial charge in [0.05, 0.1) is 24.1 Å². The molecule has 0 unspecified atom stereocenters. The van der Waals surface area contributed by atoms with Crippen LogP contribution in [0.1, 0.15) is 36.8 Å². The summed E-state index contributed by atoms with van der Waals surface area (Å²) in [6, 6.07) is 0. The third-order valence-electron chi connectivity index (χ3n) is 3.48. The zero-order valence-electron chi connectivity index (χ0n) is 14.4. The van der Waals surface area contributed by atoms with Gasteiger partial charge >= 0.3 is 6.09 Å². The summed E-state index contributed by atoms with van der Waals surface area (Å²) in [6.07, 6.45) is 2.06. The van der Waals surface area contributed by atoms with Crippen molar-refractivity contribution in [3.05, 3.63) is 29.4 Å². The first kappa shape index (κ1) is 18.0. The van der Waals surface area contributed by atoms with Crippen molar-refractivity contribution < 1.29 is 18.7 Å². The number of nitrogens with zero attached hydrogens (tertiary/aromatic N) is 3. The molecule has 132 valence electrons. The lowest BCUT2D eigenvalue weighted by atomic mass is 10.1. The number of halogens is 1. The van der Waals surface area contributed by atoms with Crippen LogP contribution in [0.5, 0.6) is 0 Å². The summed E-state index contributed by atoms with van der Waals surface area (Å²) in [5, 5.41) is 6.94. The normalized spacial score (nSPS) is 15.3. The van der Waals surface area contributed by atoms with Crippen LogP contribution >= 0.6 is 0 Å². The maximum atomic E-state index is 13.1. The minimum Gasteiger partial charge on any atom is -0.445 e. The van der Waals surface area contributed by atoms with Crippen LogP contribution in [0, 0.1) is 0 Å². The molecule has 2 heterocycles. The Morgan fingerprint density at radius 2 is 2.21 bits per heavy atom. The SMILES string of the molecule is CN1CCc2nn(C/C(=C\F)COC(=O)NC(C)(C)C)cc2C1=O. The molecule has 1 aliphatic rings. The Morgan fingerprint density at radius 1 is 1.50 bits per heavy atom. The molecule has 2 amide bonds. The largest absolute Gasteiger partial charge is 0.445 e. The highest BCUT2D eigenvalue weighted by molar-refractivity contribution is 5.95. The second-order valence-corrected chi connectivity index (χ2v) is 6.88. The quantitative estimate of drug-likeness (QED) is 0.909. The number of fused-ring (bicyclic) bond motifs is 1. The van der Waals surface area contributed by atoms with Crippen LogP contribution in [0.2, 0.25) is 0 Å². The van der Waals surface area contributed by atoms with Gasteiger partial charge in [-0.1, -0.05) is 0 Å². The number of amides is 2. The molecule has 0 saturated carbocycles. The zero-order valence-corrected chi connectivity index (χ0v) is 14.4. The topological polar surface area (TPSA) is 76.5 Å². The summed E-state index contributed by atoms with van der Waals surface area (Å²) in [5.74, 6) is -0.0888. The molecule has 1 aliphatic heterocycles. The zero-order chi connectivity index (χ0) is 17.9. The van der Waals surface area contributed by atoms with Crippen molar-refractivity contribution in [2.24, 2.45) is 0 Å². The summed E-state index contributed by atoms with van der Waals surface area (Å²) < 4.78 is 19.6. The second-order valence-electron chi connectivity index (χ2n) is 6.88. The first-order valence-electron chi connectivity index (χ1n) is 7.74. The summed E-state index contributed by atoms with van der Waals surface area (Å²) in [7, 11) is 1.73. The summed E-state index contributed by atoms with van der Waals surface area (Å²) in [5.41, 5.74) is 1.07. The first-order chi connectivity index (χ1) is 11.2. The lowest BCUT2D eigenvalue weighted by Crippen LogP contribution is -2.41. The maximum absolute atomic E-state index is 13.1. The molecule has 2 rings (SSSR count). The average Bonchev–Trinajstić information content (AvgIpc) is 2.89. The van der Waals surface area contributed by atoms with Crippen molar-refractivity contribution in [3.63, 3.8) is 0 Å². The van der Waals surface area contributed by atoms with Gasteiger partial charge in [-0.05, 0) is 20.8 Å². The van der Waals surface area contributed by atoms with Crippen molar-refractivity contribution in [2.45, 2.75) is 39.3 Å². The number of aromatic nitrogens is 2. The third kappa shape index (κ3) is 4.56. The Morgan fingerprint density at radius 3 is 2.83 bits per heavy atom. The van der Waals surface area contributed by atoms with Crippen LogP contribution in [0.25, 0.3) is 0 Å². The molecule has 1 aromatic heterocycles. The molecule has 0 atom stereocenters. The number of hydrogen-bond acceptors (Lipinski definition) is 4. The third-order valence-corrected chi connectivity index (χ3v) is 3.48. The van der Waals surface area contributed by atoms with E-state index in [1.807, 2.05) is 20.8 Å². The van der Waals surface area contributed by atoms with E-state index in [4.69, 9.17) is 4.74 Å². The monoisotopic (exact) mass is 338 g/mol. The van der Waals surface area contributed by atoms with Gasteiger partial charge in [0.25, 0.3) is 5.91 Å². The molecule has 8 heteroatoms. The van der Waals surface area contributed by atoms with Crippen LogP contribution in [0.4, 0.5) is 9.18 Å². The van der Waals surface area contributed by atoms with Gasteiger partial charge in [-0.2, -0.15) is 5.10 Å². The van der Waals surface area contributed by atoms with Gasteiger partial charge in [0.1, 0.15) is 6.61 Å². The van der Waals surface area contributed by atoms with Gasteiger partial charge in [0.15, 0.2) is 0 Å². The smallest absolute Gasteiger partial charge is 0.407 e. The first-order valence-corrected chi connectivity index (χ1v) is 7.74. The fraction of sp³-hybridized carbons (Fsp3) is 0.562. The summed E-state index contributed by atoms with van der Waals surface area (Å²) >= 11 is 0. The van der Waals surface area contributed by atoms with E-state index in [0.717, 1.165) is 0 Å². The minimum absolute atomic E-state index is 0.0888. The van der Waals surface area contributed by atoms with Crippen molar-refractivity contribution in [1.29, 1.82) is 0 Å². The Kier molecular flexibility index (Phi) is 5.26. The molecule has 1 N–H and O–H groups in total. The molecule has 24 heavy (non-hydrogen) atoms. The molecular formula is C16H23FN4O3. The molecule has 0 radical (unpaired) electrons. The average molecular weight is 338 g/mol. The van der Waals surface area contributed by atoms with Crippen LogP contribution in [0.15, 0.2) is 18.1 Å². The molecule has 0 fully saturated rings. The highest BCUT2D eigenvalue weighted by Crippen LogP contribution is 2.17. The van der Waals surface area contributed by atoms with Crippen LogP contribution in [0.3, 0.4) is 0 Å². The summed E-state index contributed by atoms with van der Waals surface area (Å²) in [4.78, 5) is 25.3. The number of likely N-dealkylation sites (N-methyl/N-ethyl adjacent to an activating group) is 1. The number of rotatable bonds is 4. The highest BCUT2D eigenvalue weighted by atomic mass is 19.1. The summed E-state index contributed by atoms with van der Waals surface area (Å²) in [6.45, 7) is 6.01. The molecule has 0 aliphatic carbocycles. The molecule has 1 aromatic rings. The lowest BCUT2D eigenvalue weighted by molar-refractivity contribution is 0.0780. The van der Waals surface area contributed by atoms with E-state index in [2.05, 4.69) is 10.4 Å². The number of ether oxygens (including phenoxy) is 1. The van der Waals surface area contributed by atoms with E-state index < -0.39 is 11.6 Å². The molecule has 0 spiro atoms. The number of carbonyl (C=O) groups is 2. The van der Waals surface area contributed by atoms with E-state index >= 15 is 0 Å². The van der Waals surface area contributed by atoms with Gasteiger partial charge in [0, 0.05) is 37.3 Å². The molecular weight excluding hydrogens is 315 g/mol. The Hall–Kier alpha value is -2.38. The Bertz CT molecular complexity index is 661. The standard InChI is InChI=1S/C16H23FN4O3/c1-16(2,3)18-15(23)24-10-11(7-17)8-21-9-12-13(19-21)5-6-20(4)14(12)22/h7,9H,5-6,8,10H2,1-4H3,(H,18,23)/b11-7+. The molecule has 0 saturated heterocycles. The Balaban J connectivity index is 1.96. The Labute approximate surface area is 140 Å². The van der Waals surface area contributed by atoms with Crippen molar-refractivity contribution in [3.8, 4) is 0 Å². The van der Waals surface area contributed by atoms with Crippen LogP contribution in [-0.4, -0.2) is 52.4 Å². The predicted molar refractivity (Wildman–Crippen MR) is 86.3 cm³/mol. The maximum Gasteiger partial charge on any atom is 0.407 e. The van der Waals surface area contributed by atoms with E-state index in [1.165, 1.54) is 4.68 Å². The van der Waals surface area contributed by atoms with E-state index in [0.29, 0.717) is 30.6 Å². The van der Waals surface area contributed by atoms with Gasteiger partial charge in [0.2, 0.25) is 0 Å². The number of alkyl carbamates (subject to hydrolysis) is 1. The van der Waals surface area contributed by atoms with Crippen molar-refractivity contribution in [2.75, 3.05) is 20.2 Å². The van der Waals surface area contributed by atoms with Crippen molar-refractivity contribution in [1.82, 2.24) is 20.0 Å². The number of carbonyl (C=O) groups excluding carboxylic acids is 2. The fourth-order valence-electron chi connectivity index (χ4n) is 2.31. The lowest BCUT2D eigenvalue weighted by Gasteiger charge is -2.20. The number of nitrogens with one attached hydrogen (secondary N) is 1. The van der Waals surface area contributed by atoms with Gasteiger partial charge in [-0.3, -0.25) is 9.48 Å². The molecule has 0 aromatic carbocycles. The highest BCUT2D eigenvalue weighted by Gasteiger charge is 2.25. The van der Waals surface area contributed by atoms with Gasteiger partial charge in [-0.25, -0.2) is 9.18 Å². The van der Waals surface area contributed by atoms with E-state index in [1.54, 1.807) is 18.1 Å². The minimum atomic E-state index is -0.613. The fourth-order valence-corrected chi connectivity index (χ4v) is 2.31. The van der Waals surface area contributed by atoms with E-state index in [-0.39, 0.29) is 24.6 Å². The molecule has 7 nitrogen and oxygen atoms in total. The molecule has 0 bridgehead atoms. The van der Waals surface area contributed by atoms with Crippen LogP contribution < -0.4 is 5.32 Å². The predicted octanol–water partition coefficient (Wildman–Crippen LogP) is 1.89. The van der Waals surface area contributed by atoms with Gasteiger partial charge in [-0.15, -0.1) is 0 Å². The number of hydrogen-bond donors (Lipinski definition) is 1. The van der Waals surface area contributed by atoms with Crippen LogP contribution in [-0.2, 0) is 17.7 Å². The van der Waals surface area contributed by atoms with Crippen molar-refractivity contribution >= 4 is 12.0 Å². The van der Waals surface area contributed by atoms with E-state index in [9.17, 15) is 14.0 Å². The van der Waals surface area contributed by atoms with Gasteiger partial charge < -0.3 is 15.0 Å².